The molecule has 1 saturated carbocycles. The number of hydrogen-bond acceptors (Lipinski definition) is 4. The van der Waals surface area contributed by atoms with Crippen molar-refractivity contribution in [2.45, 2.75) is 70.1 Å². The number of hydrogen-bond donors (Lipinski definition) is 2. The number of ether oxygens (including phenoxy) is 1. The molecule has 0 unspecified atom stereocenters. The molecule has 1 aliphatic heterocycles. The standard InChI is InChI=1S/C15H25NO4/c1-3-11-14(19)16-13(15(11,2)20-9-17)12(18)10-7-5-4-6-8-10/h9-13,18H,3-8H2,1-2H3,(H,16,19)/t11-,12-,13+,15-/m0/s1. The van der Waals surface area contributed by atoms with Gasteiger partial charge in [0.1, 0.15) is 5.60 Å². The molecule has 5 nitrogen and oxygen atoms in total. The molecule has 0 spiro atoms. The molecule has 1 heterocycles. The third-order valence-corrected chi connectivity index (χ3v) is 5.11. The molecule has 1 saturated heterocycles. The second kappa shape index (κ2) is 6.12. The Morgan fingerprint density at radius 3 is 2.65 bits per heavy atom. The summed E-state index contributed by atoms with van der Waals surface area (Å²) in [6, 6.07) is -0.506. The number of aliphatic hydroxyl groups is 1. The fourth-order valence-corrected chi connectivity index (χ4v) is 3.90. The fourth-order valence-electron chi connectivity index (χ4n) is 3.90. The van der Waals surface area contributed by atoms with Gasteiger partial charge in [-0.1, -0.05) is 26.2 Å². The van der Waals surface area contributed by atoms with Gasteiger partial charge in [-0.15, -0.1) is 0 Å². The van der Waals surface area contributed by atoms with Crippen molar-refractivity contribution in [2.75, 3.05) is 0 Å². The summed E-state index contributed by atoms with van der Waals surface area (Å²) in [7, 11) is 0. The van der Waals surface area contributed by atoms with Crippen LogP contribution in [-0.4, -0.2) is 35.2 Å². The van der Waals surface area contributed by atoms with Crippen molar-refractivity contribution >= 4 is 12.4 Å². The van der Waals surface area contributed by atoms with E-state index in [-0.39, 0.29) is 11.8 Å². The average molecular weight is 283 g/mol. The highest BCUT2D eigenvalue weighted by molar-refractivity contribution is 5.83. The molecular weight excluding hydrogens is 258 g/mol. The van der Waals surface area contributed by atoms with Crippen LogP contribution in [0.2, 0.25) is 0 Å². The van der Waals surface area contributed by atoms with Gasteiger partial charge in [0, 0.05) is 0 Å². The second-order valence-electron chi connectivity index (χ2n) is 6.23. The summed E-state index contributed by atoms with van der Waals surface area (Å²) in [6.07, 6.45) is 5.32. The van der Waals surface area contributed by atoms with Gasteiger partial charge in [0.25, 0.3) is 6.47 Å². The Labute approximate surface area is 120 Å². The van der Waals surface area contributed by atoms with Gasteiger partial charge in [-0.3, -0.25) is 9.59 Å². The van der Waals surface area contributed by atoms with E-state index < -0.39 is 23.7 Å². The lowest BCUT2D eigenvalue weighted by molar-refractivity contribution is -0.153. The minimum absolute atomic E-state index is 0.128. The largest absolute Gasteiger partial charge is 0.458 e. The van der Waals surface area contributed by atoms with Crippen LogP contribution in [0.1, 0.15) is 52.4 Å². The zero-order valence-electron chi connectivity index (χ0n) is 12.3. The van der Waals surface area contributed by atoms with E-state index in [4.69, 9.17) is 4.74 Å². The lowest BCUT2D eigenvalue weighted by atomic mass is 9.76. The monoisotopic (exact) mass is 283 g/mol. The Morgan fingerprint density at radius 2 is 2.10 bits per heavy atom. The van der Waals surface area contributed by atoms with Crippen LogP contribution in [0.3, 0.4) is 0 Å². The summed E-state index contributed by atoms with van der Waals surface area (Å²) in [5.41, 5.74) is -0.954. The average Bonchev–Trinajstić information content (AvgIpc) is 2.70. The Hall–Kier alpha value is -1.10. The van der Waals surface area contributed by atoms with Crippen molar-refractivity contribution in [2.24, 2.45) is 11.8 Å². The Balaban J connectivity index is 2.19. The van der Waals surface area contributed by atoms with Crippen LogP contribution in [0.15, 0.2) is 0 Å². The smallest absolute Gasteiger partial charge is 0.293 e. The molecule has 5 heteroatoms. The Kier molecular flexibility index (Phi) is 4.68. The van der Waals surface area contributed by atoms with E-state index in [1.54, 1.807) is 6.92 Å². The van der Waals surface area contributed by atoms with Crippen LogP contribution in [0.4, 0.5) is 0 Å². The zero-order valence-corrected chi connectivity index (χ0v) is 12.3. The summed E-state index contributed by atoms with van der Waals surface area (Å²) in [5, 5.41) is 13.5. The van der Waals surface area contributed by atoms with E-state index in [9.17, 15) is 14.7 Å². The maximum Gasteiger partial charge on any atom is 0.293 e. The molecular formula is C15H25NO4. The van der Waals surface area contributed by atoms with E-state index in [1.807, 2.05) is 6.92 Å². The second-order valence-corrected chi connectivity index (χ2v) is 6.23. The molecule has 1 aliphatic carbocycles. The van der Waals surface area contributed by atoms with Crippen molar-refractivity contribution in [1.82, 2.24) is 5.32 Å². The number of carbonyl (C=O) groups excluding carboxylic acids is 2. The summed E-state index contributed by atoms with van der Waals surface area (Å²) in [5.74, 6) is -0.341. The number of nitrogens with one attached hydrogen (secondary N) is 1. The highest BCUT2D eigenvalue weighted by Gasteiger charge is 2.56. The lowest BCUT2D eigenvalue weighted by Gasteiger charge is -2.38. The molecule has 0 radical (unpaired) electrons. The van der Waals surface area contributed by atoms with Crippen LogP contribution < -0.4 is 5.32 Å². The molecule has 2 rings (SSSR count). The maximum absolute atomic E-state index is 12.1. The van der Waals surface area contributed by atoms with E-state index in [2.05, 4.69) is 5.32 Å². The number of carbonyl (C=O) groups is 2. The number of aliphatic hydroxyl groups excluding tert-OH is 1. The lowest BCUT2D eigenvalue weighted by Crippen LogP contribution is -2.54. The Morgan fingerprint density at radius 1 is 1.45 bits per heavy atom. The van der Waals surface area contributed by atoms with Crippen molar-refractivity contribution in [3.63, 3.8) is 0 Å². The topological polar surface area (TPSA) is 75.6 Å². The third-order valence-electron chi connectivity index (χ3n) is 5.11. The van der Waals surface area contributed by atoms with E-state index in [0.717, 1.165) is 25.7 Å². The van der Waals surface area contributed by atoms with Gasteiger partial charge in [-0.05, 0) is 32.1 Å². The maximum atomic E-state index is 12.1. The molecule has 2 aliphatic rings. The van der Waals surface area contributed by atoms with Gasteiger partial charge in [-0.2, -0.15) is 0 Å². The van der Waals surface area contributed by atoms with Crippen LogP contribution in [-0.2, 0) is 14.3 Å². The molecule has 4 atom stereocenters. The van der Waals surface area contributed by atoms with Crippen molar-refractivity contribution < 1.29 is 19.4 Å². The van der Waals surface area contributed by atoms with Gasteiger partial charge >= 0.3 is 0 Å². The van der Waals surface area contributed by atoms with Crippen LogP contribution in [0.5, 0.6) is 0 Å². The molecule has 20 heavy (non-hydrogen) atoms. The zero-order chi connectivity index (χ0) is 14.8. The van der Waals surface area contributed by atoms with Crippen LogP contribution in [0, 0.1) is 11.8 Å². The highest BCUT2D eigenvalue weighted by Crippen LogP contribution is 2.39. The molecule has 0 aromatic rings. The van der Waals surface area contributed by atoms with Gasteiger partial charge in [-0.25, -0.2) is 0 Å². The predicted molar refractivity (Wildman–Crippen MR) is 73.8 cm³/mol. The normalized spacial score (nSPS) is 36.5. The highest BCUT2D eigenvalue weighted by atomic mass is 16.5. The summed E-state index contributed by atoms with van der Waals surface area (Å²) < 4.78 is 5.26. The molecule has 1 amide bonds. The van der Waals surface area contributed by atoms with Crippen molar-refractivity contribution in [3.05, 3.63) is 0 Å². The summed E-state index contributed by atoms with van der Waals surface area (Å²) >= 11 is 0. The first-order chi connectivity index (χ1) is 9.54. The van der Waals surface area contributed by atoms with Crippen LogP contribution in [0.25, 0.3) is 0 Å². The van der Waals surface area contributed by atoms with Crippen molar-refractivity contribution in [3.8, 4) is 0 Å². The van der Waals surface area contributed by atoms with Gasteiger partial charge in [0.05, 0.1) is 18.1 Å². The molecule has 2 N–H and O–H groups in total. The molecule has 114 valence electrons. The minimum Gasteiger partial charge on any atom is -0.458 e. The van der Waals surface area contributed by atoms with E-state index >= 15 is 0 Å². The van der Waals surface area contributed by atoms with E-state index in [1.165, 1.54) is 6.42 Å². The molecule has 2 fully saturated rings. The first-order valence-corrected chi connectivity index (χ1v) is 7.64. The molecule has 0 bridgehead atoms. The molecule has 0 aromatic heterocycles. The first kappa shape index (κ1) is 15.3. The number of amides is 1. The minimum atomic E-state index is -0.954. The quantitative estimate of drug-likeness (QED) is 0.748. The first-order valence-electron chi connectivity index (χ1n) is 7.64. The number of rotatable bonds is 5. The van der Waals surface area contributed by atoms with Gasteiger partial charge in [0.2, 0.25) is 5.91 Å². The van der Waals surface area contributed by atoms with Crippen molar-refractivity contribution in [1.29, 1.82) is 0 Å². The van der Waals surface area contributed by atoms with Gasteiger partial charge < -0.3 is 15.2 Å². The predicted octanol–water partition coefficient (Wildman–Crippen LogP) is 1.38. The van der Waals surface area contributed by atoms with Gasteiger partial charge in [0.15, 0.2) is 0 Å². The summed E-state index contributed by atoms with van der Waals surface area (Å²) in [6.45, 7) is 4.04. The SMILES string of the molecule is CC[C@H]1C(=O)N[C@H]([C@@H](O)C2CCCCC2)[C@@]1(C)OC=O. The fraction of sp³-hybridized carbons (Fsp3) is 0.867. The van der Waals surface area contributed by atoms with Crippen LogP contribution >= 0.6 is 0 Å². The third kappa shape index (κ3) is 2.55. The molecule has 0 aromatic carbocycles. The summed E-state index contributed by atoms with van der Waals surface area (Å²) in [4.78, 5) is 22.9. The Bertz CT molecular complexity index is 367. The van der Waals surface area contributed by atoms with E-state index in [0.29, 0.717) is 12.9 Å².